The molecule has 122 valence electrons. The molecule has 0 bridgehead atoms. The highest BCUT2D eigenvalue weighted by molar-refractivity contribution is 7.91. The number of hydrazine groups is 1. The van der Waals surface area contributed by atoms with E-state index in [0.29, 0.717) is 5.02 Å². The second-order valence-corrected chi connectivity index (χ2v) is 7.50. The molecule has 0 atom stereocenters. The molecule has 2 rings (SSSR count). The number of rotatable bonds is 6. The molecule has 2 aromatic carbocycles. The van der Waals surface area contributed by atoms with Crippen molar-refractivity contribution in [2.75, 3.05) is 17.8 Å². The molecule has 1 N–H and O–H groups in total. The van der Waals surface area contributed by atoms with Crippen LogP contribution in [0.2, 0.25) is 5.02 Å². The lowest BCUT2D eigenvalue weighted by Crippen LogP contribution is -2.40. The van der Waals surface area contributed by atoms with Crippen LogP contribution >= 0.6 is 11.6 Å². The number of halogens is 1. The quantitative estimate of drug-likeness (QED) is 0.812. The topological polar surface area (TPSA) is 66.5 Å². The molecule has 0 saturated heterocycles. The summed E-state index contributed by atoms with van der Waals surface area (Å²) in [5, 5.41) is 2.02. The molecule has 0 spiro atoms. The van der Waals surface area contributed by atoms with Crippen LogP contribution < -0.4 is 10.4 Å². The number of benzene rings is 2. The Labute approximate surface area is 140 Å². The van der Waals surface area contributed by atoms with Crippen LogP contribution in [0, 0.1) is 0 Å². The van der Waals surface area contributed by atoms with E-state index in [0.717, 1.165) is 5.69 Å². The maximum Gasteiger partial charge on any atom is 0.239 e. The molecule has 2 aromatic rings. The third-order valence-electron chi connectivity index (χ3n) is 3.21. The van der Waals surface area contributed by atoms with Crippen molar-refractivity contribution in [3.63, 3.8) is 0 Å². The molecule has 0 aliphatic heterocycles. The first-order valence-electron chi connectivity index (χ1n) is 6.95. The van der Waals surface area contributed by atoms with Gasteiger partial charge < -0.3 is 0 Å². The van der Waals surface area contributed by atoms with Gasteiger partial charge in [0, 0.05) is 18.5 Å². The molecule has 1 amide bonds. The first-order chi connectivity index (χ1) is 10.9. The summed E-state index contributed by atoms with van der Waals surface area (Å²) in [7, 11) is -1.82. The Balaban J connectivity index is 1.92. The molecule has 23 heavy (non-hydrogen) atoms. The summed E-state index contributed by atoms with van der Waals surface area (Å²) in [6, 6.07) is 15.1. The van der Waals surface area contributed by atoms with E-state index in [9.17, 15) is 13.2 Å². The van der Waals surface area contributed by atoms with E-state index in [-0.39, 0.29) is 23.0 Å². The molecule has 0 heterocycles. The first-order valence-corrected chi connectivity index (χ1v) is 8.98. The van der Waals surface area contributed by atoms with Crippen LogP contribution in [0.25, 0.3) is 0 Å². The predicted octanol–water partition coefficient (Wildman–Crippen LogP) is 2.67. The number of hydrogen-bond donors (Lipinski definition) is 1. The van der Waals surface area contributed by atoms with Gasteiger partial charge in [-0.25, -0.2) is 8.42 Å². The van der Waals surface area contributed by atoms with Gasteiger partial charge in [-0.15, -0.1) is 0 Å². The van der Waals surface area contributed by atoms with Crippen LogP contribution in [0.1, 0.15) is 6.42 Å². The van der Waals surface area contributed by atoms with Crippen molar-refractivity contribution in [2.24, 2.45) is 0 Å². The van der Waals surface area contributed by atoms with E-state index in [1.807, 2.05) is 30.3 Å². The molecule has 0 unspecified atom stereocenters. The smallest absolute Gasteiger partial charge is 0.239 e. The molecule has 0 saturated carbocycles. The Morgan fingerprint density at radius 1 is 1.09 bits per heavy atom. The van der Waals surface area contributed by atoms with Crippen molar-refractivity contribution in [3.05, 3.63) is 59.6 Å². The third kappa shape index (κ3) is 4.97. The lowest BCUT2D eigenvalue weighted by atomic mass is 10.3. The van der Waals surface area contributed by atoms with E-state index < -0.39 is 9.84 Å². The Bertz CT molecular complexity index is 762. The second kappa shape index (κ2) is 7.48. The summed E-state index contributed by atoms with van der Waals surface area (Å²) in [6.45, 7) is 0. The number of anilines is 1. The summed E-state index contributed by atoms with van der Waals surface area (Å²) in [5.41, 5.74) is 3.45. The first kappa shape index (κ1) is 17.3. The van der Waals surface area contributed by atoms with Crippen LogP contribution in [0.15, 0.2) is 59.5 Å². The van der Waals surface area contributed by atoms with E-state index >= 15 is 0 Å². The summed E-state index contributed by atoms with van der Waals surface area (Å²) in [5.74, 6) is -0.628. The third-order valence-corrected chi connectivity index (χ3v) is 5.19. The van der Waals surface area contributed by atoms with Gasteiger partial charge in [0.1, 0.15) is 0 Å². The Morgan fingerprint density at radius 3 is 2.30 bits per heavy atom. The summed E-state index contributed by atoms with van der Waals surface area (Å²) >= 11 is 5.74. The van der Waals surface area contributed by atoms with Gasteiger partial charge in [0.2, 0.25) is 5.91 Å². The highest BCUT2D eigenvalue weighted by Gasteiger charge is 2.17. The zero-order valence-corrected chi connectivity index (χ0v) is 14.1. The van der Waals surface area contributed by atoms with Gasteiger partial charge in [-0.05, 0) is 36.4 Å². The minimum Gasteiger partial charge on any atom is -0.289 e. The largest absolute Gasteiger partial charge is 0.289 e. The van der Waals surface area contributed by atoms with Crippen molar-refractivity contribution in [1.29, 1.82) is 0 Å². The number of nitrogens with one attached hydrogen (secondary N) is 1. The van der Waals surface area contributed by atoms with Crippen molar-refractivity contribution in [3.8, 4) is 0 Å². The second-order valence-electron chi connectivity index (χ2n) is 4.95. The monoisotopic (exact) mass is 352 g/mol. The minimum atomic E-state index is -3.51. The Kier molecular flexibility index (Phi) is 5.63. The molecule has 5 nitrogen and oxygen atoms in total. The van der Waals surface area contributed by atoms with Crippen molar-refractivity contribution >= 4 is 33.0 Å². The molecule has 0 radical (unpaired) electrons. The fourth-order valence-corrected chi connectivity index (χ4v) is 3.31. The van der Waals surface area contributed by atoms with Crippen LogP contribution in [0.4, 0.5) is 5.69 Å². The lowest BCUT2D eigenvalue weighted by molar-refractivity contribution is -0.120. The zero-order chi connectivity index (χ0) is 16.9. The number of carbonyl (C=O) groups excluding carboxylic acids is 1. The molecule has 0 aromatic heterocycles. The predicted molar refractivity (Wildman–Crippen MR) is 91.1 cm³/mol. The van der Waals surface area contributed by atoms with Gasteiger partial charge in [-0.1, -0.05) is 29.8 Å². The van der Waals surface area contributed by atoms with Crippen molar-refractivity contribution in [2.45, 2.75) is 11.3 Å². The standard InChI is InChI=1S/C16H17ClN2O3S/c1-19(14-5-3-2-4-6-14)18-16(20)11-12-23(21,22)15-9-7-13(17)8-10-15/h2-10H,11-12H2,1H3,(H,18,20). The molecule has 0 aliphatic rings. The van der Waals surface area contributed by atoms with Crippen LogP contribution in [-0.2, 0) is 14.6 Å². The summed E-state index contributed by atoms with van der Waals surface area (Å²) in [4.78, 5) is 12.1. The molecular weight excluding hydrogens is 336 g/mol. The summed E-state index contributed by atoms with van der Waals surface area (Å²) in [6.07, 6.45) is -0.123. The van der Waals surface area contributed by atoms with Gasteiger partial charge in [-0.3, -0.25) is 15.2 Å². The highest BCUT2D eigenvalue weighted by Crippen LogP contribution is 2.16. The number of carbonyl (C=O) groups is 1. The Morgan fingerprint density at radius 2 is 1.70 bits per heavy atom. The number of sulfone groups is 1. The van der Waals surface area contributed by atoms with Gasteiger partial charge in [0.15, 0.2) is 9.84 Å². The number of amides is 1. The summed E-state index contributed by atoms with van der Waals surface area (Å²) < 4.78 is 24.3. The van der Waals surface area contributed by atoms with Gasteiger partial charge >= 0.3 is 0 Å². The van der Waals surface area contributed by atoms with Gasteiger partial charge in [-0.2, -0.15) is 0 Å². The van der Waals surface area contributed by atoms with E-state index in [4.69, 9.17) is 11.6 Å². The van der Waals surface area contributed by atoms with E-state index in [2.05, 4.69) is 5.43 Å². The van der Waals surface area contributed by atoms with Gasteiger partial charge in [0.05, 0.1) is 16.3 Å². The maximum atomic E-state index is 12.2. The maximum absolute atomic E-state index is 12.2. The minimum absolute atomic E-state index is 0.123. The van der Waals surface area contributed by atoms with Crippen molar-refractivity contribution in [1.82, 2.24) is 5.43 Å². The number of para-hydroxylation sites is 1. The fourth-order valence-electron chi connectivity index (χ4n) is 1.95. The molecule has 0 fully saturated rings. The average molecular weight is 353 g/mol. The van der Waals surface area contributed by atoms with Crippen molar-refractivity contribution < 1.29 is 13.2 Å². The molecule has 7 heteroatoms. The average Bonchev–Trinajstić information content (AvgIpc) is 2.54. The van der Waals surface area contributed by atoms with Crippen LogP contribution in [-0.4, -0.2) is 27.1 Å². The van der Waals surface area contributed by atoms with Crippen LogP contribution in [0.5, 0.6) is 0 Å². The number of hydrogen-bond acceptors (Lipinski definition) is 4. The highest BCUT2D eigenvalue weighted by atomic mass is 35.5. The van der Waals surface area contributed by atoms with Gasteiger partial charge in [0.25, 0.3) is 0 Å². The molecule has 0 aliphatic carbocycles. The number of nitrogens with zero attached hydrogens (tertiary/aromatic N) is 1. The van der Waals surface area contributed by atoms with E-state index in [1.165, 1.54) is 24.3 Å². The van der Waals surface area contributed by atoms with Crippen LogP contribution in [0.3, 0.4) is 0 Å². The molecular formula is C16H17ClN2O3S. The van der Waals surface area contributed by atoms with E-state index in [1.54, 1.807) is 12.1 Å². The normalized spacial score (nSPS) is 11.0. The Hall–Kier alpha value is -2.05. The zero-order valence-electron chi connectivity index (χ0n) is 12.6. The lowest BCUT2D eigenvalue weighted by Gasteiger charge is -2.20. The fraction of sp³-hybridized carbons (Fsp3) is 0.188. The SMILES string of the molecule is CN(NC(=O)CCS(=O)(=O)c1ccc(Cl)cc1)c1ccccc1.